The number of rotatable bonds is 3. The van der Waals surface area contributed by atoms with Crippen molar-refractivity contribution in [2.75, 3.05) is 5.32 Å². The van der Waals surface area contributed by atoms with Gasteiger partial charge in [-0.3, -0.25) is 4.98 Å². The van der Waals surface area contributed by atoms with Gasteiger partial charge in [0.1, 0.15) is 0 Å². The molecule has 1 aliphatic rings. The molecule has 3 rings (SSSR count). The first-order chi connectivity index (χ1) is 12.7. The lowest BCUT2D eigenvalue weighted by molar-refractivity contribution is -0.137. The number of hydrogen-bond donors (Lipinski definition) is 3. The highest BCUT2D eigenvalue weighted by Crippen LogP contribution is 2.31. The van der Waals surface area contributed by atoms with E-state index in [2.05, 4.69) is 15.6 Å². The number of benzene rings is 1. The number of anilines is 1. The number of amides is 2. The Morgan fingerprint density at radius 2 is 2.15 bits per heavy atom. The highest BCUT2D eigenvalue weighted by molar-refractivity contribution is 6.31. The molecule has 2 amide bonds. The number of hydrogen-bond acceptors (Lipinski definition) is 3. The third-order valence-corrected chi connectivity index (χ3v) is 4.70. The van der Waals surface area contributed by atoms with Crippen LogP contribution in [0.15, 0.2) is 30.5 Å². The van der Waals surface area contributed by atoms with Gasteiger partial charge < -0.3 is 15.7 Å². The monoisotopic (exact) mass is 399 g/mol. The van der Waals surface area contributed by atoms with E-state index < -0.39 is 23.9 Å². The summed E-state index contributed by atoms with van der Waals surface area (Å²) in [5, 5.41) is 14.9. The molecule has 0 spiro atoms. The van der Waals surface area contributed by atoms with Crippen LogP contribution in [0.2, 0.25) is 5.02 Å². The fraction of sp³-hybridized carbons (Fsp3) is 0.333. The lowest BCUT2D eigenvalue weighted by atomic mass is 9.88. The second kappa shape index (κ2) is 7.74. The normalized spacial score (nSPS) is 16.6. The Labute approximate surface area is 158 Å². The predicted octanol–water partition coefficient (Wildman–Crippen LogP) is 3.93. The Hall–Kier alpha value is -2.32. The quantitative estimate of drug-likeness (QED) is 0.732. The summed E-state index contributed by atoms with van der Waals surface area (Å²) in [5.74, 6) is 0. The largest absolute Gasteiger partial charge is 0.417 e. The zero-order valence-corrected chi connectivity index (χ0v) is 14.9. The molecule has 3 N–H and O–H groups in total. The van der Waals surface area contributed by atoms with E-state index in [1.165, 1.54) is 0 Å². The van der Waals surface area contributed by atoms with Crippen molar-refractivity contribution in [3.63, 3.8) is 0 Å². The van der Waals surface area contributed by atoms with Gasteiger partial charge in [0.25, 0.3) is 0 Å². The average Bonchev–Trinajstić information content (AvgIpc) is 2.60. The average molecular weight is 400 g/mol. The van der Waals surface area contributed by atoms with Crippen molar-refractivity contribution in [2.24, 2.45) is 0 Å². The molecule has 1 aliphatic carbocycles. The van der Waals surface area contributed by atoms with E-state index in [4.69, 9.17) is 11.6 Å². The van der Waals surface area contributed by atoms with Crippen molar-refractivity contribution in [1.82, 2.24) is 10.3 Å². The summed E-state index contributed by atoms with van der Waals surface area (Å²) < 4.78 is 37.9. The number of carbonyl (C=O) groups excluding carboxylic acids is 1. The maximum atomic E-state index is 12.6. The molecule has 1 aromatic heterocycles. The zero-order valence-electron chi connectivity index (χ0n) is 14.1. The summed E-state index contributed by atoms with van der Waals surface area (Å²) in [6.45, 7) is -0.125. The minimum atomic E-state index is -4.53. The third-order valence-electron chi connectivity index (χ3n) is 4.37. The van der Waals surface area contributed by atoms with Gasteiger partial charge in [-0.2, -0.15) is 13.2 Å². The number of aromatic nitrogens is 1. The fourth-order valence-corrected chi connectivity index (χ4v) is 3.20. The van der Waals surface area contributed by atoms with Gasteiger partial charge >= 0.3 is 12.2 Å². The minimum Gasteiger partial charge on any atom is -0.393 e. The first-order valence-corrected chi connectivity index (χ1v) is 8.67. The van der Waals surface area contributed by atoms with Gasteiger partial charge in [-0.25, -0.2) is 4.79 Å². The molecule has 9 heteroatoms. The smallest absolute Gasteiger partial charge is 0.393 e. The molecule has 0 radical (unpaired) electrons. The van der Waals surface area contributed by atoms with Crippen LogP contribution in [0.3, 0.4) is 0 Å². The Morgan fingerprint density at radius 3 is 2.85 bits per heavy atom. The second-order valence-corrected chi connectivity index (χ2v) is 6.71. The van der Waals surface area contributed by atoms with Gasteiger partial charge in [0.05, 0.1) is 28.9 Å². The molecule has 144 valence electrons. The highest BCUT2D eigenvalue weighted by Gasteiger charge is 2.31. The number of halogens is 4. The zero-order chi connectivity index (χ0) is 19.6. The topological polar surface area (TPSA) is 74.2 Å². The van der Waals surface area contributed by atoms with Crippen LogP contribution in [-0.2, 0) is 25.6 Å². The van der Waals surface area contributed by atoms with Crippen molar-refractivity contribution in [1.29, 1.82) is 0 Å². The van der Waals surface area contributed by atoms with Crippen molar-refractivity contribution in [2.45, 2.75) is 38.1 Å². The first kappa shape index (κ1) is 19.4. The van der Waals surface area contributed by atoms with E-state index >= 15 is 0 Å². The van der Waals surface area contributed by atoms with E-state index in [-0.39, 0.29) is 17.3 Å². The van der Waals surface area contributed by atoms with Gasteiger partial charge in [-0.1, -0.05) is 23.7 Å². The van der Waals surface area contributed by atoms with Crippen molar-refractivity contribution >= 4 is 23.3 Å². The maximum absolute atomic E-state index is 12.6. The van der Waals surface area contributed by atoms with E-state index in [0.29, 0.717) is 24.7 Å². The summed E-state index contributed by atoms with van der Waals surface area (Å²) in [6.07, 6.45) is -2.43. The number of carbonyl (C=O) groups is 1. The molecule has 1 aromatic carbocycles. The first-order valence-electron chi connectivity index (χ1n) is 8.29. The number of nitrogens with zero attached hydrogens (tertiary/aromatic N) is 1. The molecule has 0 fully saturated rings. The number of nitrogens with one attached hydrogen (secondary N) is 2. The highest BCUT2D eigenvalue weighted by atomic mass is 35.5. The third kappa shape index (κ3) is 4.70. The Kier molecular flexibility index (Phi) is 5.57. The van der Waals surface area contributed by atoms with Gasteiger partial charge in [-0.15, -0.1) is 0 Å². The van der Waals surface area contributed by atoms with E-state index in [0.717, 1.165) is 23.6 Å². The predicted molar refractivity (Wildman–Crippen MR) is 94.6 cm³/mol. The van der Waals surface area contributed by atoms with Crippen LogP contribution in [-0.4, -0.2) is 22.2 Å². The van der Waals surface area contributed by atoms with E-state index in [9.17, 15) is 23.1 Å². The summed E-state index contributed by atoms with van der Waals surface area (Å²) >= 11 is 5.83. The number of alkyl halides is 3. The lowest BCUT2D eigenvalue weighted by Crippen LogP contribution is -2.30. The van der Waals surface area contributed by atoms with Crippen LogP contribution in [0.4, 0.5) is 23.7 Å². The molecular formula is C18H17ClF3N3O2. The molecule has 5 nitrogen and oxygen atoms in total. The van der Waals surface area contributed by atoms with Gasteiger partial charge in [-0.05, 0) is 36.1 Å². The van der Waals surface area contributed by atoms with Crippen LogP contribution in [0, 0.1) is 0 Å². The molecule has 27 heavy (non-hydrogen) atoms. The van der Waals surface area contributed by atoms with Crippen LogP contribution >= 0.6 is 11.6 Å². The number of urea groups is 1. The minimum absolute atomic E-state index is 0.125. The molecule has 1 atom stereocenters. The molecule has 0 unspecified atom stereocenters. The SMILES string of the molecule is O=C(NCc1ncc(C(F)(F)F)cc1Cl)Nc1cccc2c1C[C@H](O)CC2. The van der Waals surface area contributed by atoms with Crippen LogP contribution in [0.1, 0.15) is 28.8 Å². The standard InChI is InChI=1S/C18H17ClF3N3O2/c19-14-6-11(18(20,21)22)8-23-16(14)9-24-17(27)25-15-3-1-2-10-4-5-12(26)7-13(10)15/h1-3,6,8,12,26H,4-5,7,9H2,(H2,24,25,27)/t12-/m1/s1. The van der Waals surface area contributed by atoms with Crippen molar-refractivity contribution in [3.8, 4) is 0 Å². The molecule has 0 saturated carbocycles. The lowest BCUT2D eigenvalue weighted by Gasteiger charge is -2.23. The van der Waals surface area contributed by atoms with Crippen molar-refractivity contribution in [3.05, 3.63) is 57.9 Å². The second-order valence-electron chi connectivity index (χ2n) is 6.30. The number of aliphatic hydroxyl groups is 1. The number of aliphatic hydroxyl groups excluding tert-OH is 1. The fourth-order valence-electron chi connectivity index (χ4n) is 2.97. The molecule has 0 aliphatic heterocycles. The molecule has 0 bridgehead atoms. The van der Waals surface area contributed by atoms with Gasteiger partial charge in [0.2, 0.25) is 0 Å². The molecule has 0 saturated heterocycles. The van der Waals surface area contributed by atoms with E-state index in [1.54, 1.807) is 6.07 Å². The summed E-state index contributed by atoms with van der Waals surface area (Å²) in [5.41, 5.74) is 1.73. The molecular weight excluding hydrogens is 383 g/mol. The Balaban J connectivity index is 1.64. The van der Waals surface area contributed by atoms with Gasteiger partial charge in [0.15, 0.2) is 0 Å². The van der Waals surface area contributed by atoms with Crippen LogP contribution in [0.25, 0.3) is 0 Å². The molecule has 2 aromatic rings. The number of fused-ring (bicyclic) bond motifs is 1. The van der Waals surface area contributed by atoms with Crippen molar-refractivity contribution < 1.29 is 23.1 Å². The van der Waals surface area contributed by atoms with E-state index in [1.807, 2.05) is 12.1 Å². The van der Waals surface area contributed by atoms with Gasteiger partial charge in [0, 0.05) is 18.3 Å². The maximum Gasteiger partial charge on any atom is 0.417 e. The van der Waals surface area contributed by atoms with Crippen LogP contribution in [0.5, 0.6) is 0 Å². The Bertz CT molecular complexity index is 858. The summed E-state index contributed by atoms with van der Waals surface area (Å²) in [4.78, 5) is 15.8. The number of aryl methyl sites for hydroxylation is 1. The summed E-state index contributed by atoms with van der Waals surface area (Å²) in [6, 6.07) is 5.75. The van der Waals surface area contributed by atoms with Crippen LogP contribution < -0.4 is 10.6 Å². The molecule has 1 heterocycles. The summed E-state index contributed by atoms with van der Waals surface area (Å²) in [7, 11) is 0. The number of pyridine rings is 1. The Morgan fingerprint density at radius 1 is 1.37 bits per heavy atom.